The van der Waals surface area contributed by atoms with Crippen LogP contribution in [-0.2, 0) is 6.42 Å². The summed E-state index contributed by atoms with van der Waals surface area (Å²) in [5.74, 6) is 0.590. The average Bonchev–Trinajstić information content (AvgIpc) is 2.98. The molecule has 1 aromatic carbocycles. The van der Waals surface area contributed by atoms with Crippen molar-refractivity contribution in [2.45, 2.75) is 6.42 Å². The molecular formula is C17H21N5O. The Labute approximate surface area is 136 Å². The molecular weight excluding hydrogens is 290 g/mol. The molecule has 0 radical (unpaired) electrons. The number of para-hydroxylation sites is 1. The average molecular weight is 311 g/mol. The zero-order valence-corrected chi connectivity index (χ0v) is 13.5. The number of carbonyl (C=O) groups excluding carboxylic acids is 1. The van der Waals surface area contributed by atoms with E-state index in [1.165, 1.54) is 11.3 Å². The van der Waals surface area contributed by atoms with Gasteiger partial charge >= 0.3 is 0 Å². The van der Waals surface area contributed by atoms with Crippen molar-refractivity contribution in [1.82, 2.24) is 20.2 Å². The molecule has 1 N–H and O–H groups in total. The first kappa shape index (κ1) is 15.4. The number of aromatic nitrogens is 2. The number of amides is 1. The van der Waals surface area contributed by atoms with Crippen LogP contribution in [0, 0.1) is 0 Å². The van der Waals surface area contributed by atoms with Crippen LogP contribution in [0.3, 0.4) is 0 Å². The number of rotatable bonds is 5. The van der Waals surface area contributed by atoms with Crippen molar-refractivity contribution < 1.29 is 4.79 Å². The second-order valence-electron chi connectivity index (χ2n) is 5.85. The number of likely N-dealkylation sites (N-methyl/N-ethyl adjacent to an activating group) is 1. The minimum absolute atomic E-state index is 0.187. The maximum Gasteiger partial charge on any atom is 0.271 e. The summed E-state index contributed by atoms with van der Waals surface area (Å²) in [6.07, 6.45) is 4.22. The number of hydrogen-bond acceptors (Lipinski definition) is 5. The topological polar surface area (TPSA) is 61.4 Å². The van der Waals surface area contributed by atoms with E-state index in [0.717, 1.165) is 25.3 Å². The zero-order chi connectivity index (χ0) is 16.2. The van der Waals surface area contributed by atoms with Gasteiger partial charge in [0.15, 0.2) is 5.82 Å². The Morgan fingerprint density at radius 2 is 2.09 bits per heavy atom. The molecule has 0 saturated carbocycles. The van der Waals surface area contributed by atoms with E-state index in [-0.39, 0.29) is 5.91 Å². The van der Waals surface area contributed by atoms with Crippen LogP contribution in [0.25, 0.3) is 0 Å². The highest BCUT2D eigenvalue weighted by molar-refractivity contribution is 5.92. The van der Waals surface area contributed by atoms with E-state index in [9.17, 15) is 4.79 Å². The normalized spacial score (nSPS) is 13.3. The summed E-state index contributed by atoms with van der Waals surface area (Å²) in [4.78, 5) is 24.8. The van der Waals surface area contributed by atoms with Gasteiger partial charge in [0.1, 0.15) is 5.69 Å². The summed E-state index contributed by atoms with van der Waals surface area (Å²) in [5.41, 5.74) is 2.84. The number of anilines is 2. The molecule has 3 rings (SSSR count). The van der Waals surface area contributed by atoms with Crippen molar-refractivity contribution in [1.29, 1.82) is 0 Å². The van der Waals surface area contributed by atoms with E-state index >= 15 is 0 Å². The highest BCUT2D eigenvalue weighted by Crippen LogP contribution is 2.32. The molecule has 120 valence electrons. The lowest BCUT2D eigenvalue weighted by Gasteiger charge is -2.17. The third kappa shape index (κ3) is 3.48. The first-order valence-electron chi connectivity index (χ1n) is 7.75. The Morgan fingerprint density at radius 3 is 2.83 bits per heavy atom. The number of hydrogen-bond donors (Lipinski definition) is 1. The first-order chi connectivity index (χ1) is 11.1. The van der Waals surface area contributed by atoms with Gasteiger partial charge in [-0.2, -0.15) is 0 Å². The van der Waals surface area contributed by atoms with E-state index in [0.29, 0.717) is 12.2 Å². The molecule has 0 bridgehead atoms. The van der Waals surface area contributed by atoms with Gasteiger partial charge in [0.2, 0.25) is 0 Å². The molecule has 0 spiro atoms. The lowest BCUT2D eigenvalue weighted by atomic mass is 10.2. The number of nitrogens with one attached hydrogen (secondary N) is 1. The van der Waals surface area contributed by atoms with Crippen molar-refractivity contribution in [3.05, 3.63) is 47.9 Å². The molecule has 23 heavy (non-hydrogen) atoms. The summed E-state index contributed by atoms with van der Waals surface area (Å²) in [7, 11) is 3.93. The van der Waals surface area contributed by atoms with Gasteiger partial charge in [-0.25, -0.2) is 9.97 Å². The molecule has 2 aromatic rings. The van der Waals surface area contributed by atoms with Crippen molar-refractivity contribution >= 4 is 17.4 Å². The van der Waals surface area contributed by atoms with Gasteiger partial charge in [-0.15, -0.1) is 0 Å². The van der Waals surface area contributed by atoms with Crippen LogP contribution in [0.5, 0.6) is 0 Å². The van der Waals surface area contributed by atoms with Crippen LogP contribution < -0.4 is 10.2 Å². The predicted octanol–water partition coefficient (Wildman–Crippen LogP) is 1.46. The zero-order valence-electron chi connectivity index (χ0n) is 13.5. The standard InChI is InChI=1S/C17H21N5O/c1-21(2)10-8-18-17(23)14-11-20-16(12-19-14)22-9-7-13-5-3-4-6-15(13)22/h3-6,11-12H,7-10H2,1-2H3,(H,18,23). The highest BCUT2D eigenvalue weighted by atomic mass is 16.1. The van der Waals surface area contributed by atoms with Gasteiger partial charge in [0.25, 0.3) is 5.91 Å². The maximum atomic E-state index is 12.0. The van der Waals surface area contributed by atoms with Crippen LogP contribution in [0.1, 0.15) is 16.1 Å². The van der Waals surface area contributed by atoms with Crippen LogP contribution in [-0.4, -0.2) is 54.5 Å². The third-order valence-electron chi connectivity index (χ3n) is 3.88. The third-order valence-corrected chi connectivity index (χ3v) is 3.88. The monoisotopic (exact) mass is 311 g/mol. The number of carbonyl (C=O) groups is 1. The smallest absolute Gasteiger partial charge is 0.271 e. The predicted molar refractivity (Wildman–Crippen MR) is 90.1 cm³/mol. The minimum Gasteiger partial charge on any atom is -0.349 e. The van der Waals surface area contributed by atoms with Gasteiger partial charge in [0, 0.05) is 25.3 Å². The summed E-state index contributed by atoms with van der Waals surface area (Å²) < 4.78 is 0. The summed E-state index contributed by atoms with van der Waals surface area (Å²) in [5, 5.41) is 2.84. The molecule has 1 aromatic heterocycles. The van der Waals surface area contributed by atoms with Crippen molar-refractivity contribution in [2.24, 2.45) is 0 Å². The molecule has 0 unspecified atom stereocenters. The Kier molecular flexibility index (Phi) is 4.52. The maximum absolute atomic E-state index is 12.0. The van der Waals surface area contributed by atoms with Gasteiger partial charge in [-0.3, -0.25) is 4.79 Å². The number of fused-ring (bicyclic) bond motifs is 1. The fourth-order valence-electron chi connectivity index (χ4n) is 2.64. The second-order valence-corrected chi connectivity index (χ2v) is 5.85. The molecule has 1 amide bonds. The molecule has 0 fully saturated rings. The van der Waals surface area contributed by atoms with E-state index in [1.807, 2.05) is 25.1 Å². The molecule has 1 aliphatic rings. The van der Waals surface area contributed by atoms with E-state index in [4.69, 9.17) is 0 Å². The molecule has 0 saturated heterocycles. The molecule has 1 aliphatic heterocycles. The summed E-state index contributed by atoms with van der Waals surface area (Å²) in [6.45, 7) is 2.28. The van der Waals surface area contributed by atoms with Gasteiger partial charge in [-0.1, -0.05) is 18.2 Å². The molecule has 0 aliphatic carbocycles. The fraction of sp³-hybridized carbons (Fsp3) is 0.353. The largest absolute Gasteiger partial charge is 0.349 e. The van der Waals surface area contributed by atoms with E-state index in [1.54, 1.807) is 12.4 Å². The fourth-order valence-corrected chi connectivity index (χ4v) is 2.64. The second kappa shape index (κ2) is 6.75. The number of benzene rings is 1. The molecule has 6 nitrogen and oxygen atoms in total. The highest BCUT2D eigenvalue weighted by Gasteiger charge is 2.21. The SMILES string of the molecule is CN(C)CCNC(=O)c1cnc(N2CCc3ccccc32)cn1. The Balaban J connectivity index is 1.67. The van der Waals surface area contributed by atoms with Crippen LogP contribution >= 0.6 is 0 Å². The quantitative estimate of drug-likeness (QED) is 0.906. The van der Waals surface area contributed by atoms with Gasteiger partial charge in [0.05, 0.1) is 12.4 Å². The van der Waals surface area contributed by atoms with Gasteiger partial charge < -0.3 is 15.1 Å². The van der Waals surface area contributed by atoms with Crippen LogP contribution in [0.15, 0.2) is 36.7 Å². The summed E-state index contributed by atoms with van der Waals surface area (Å²) in [6, 6.07) is 8.30. The Hall–Kier alpha value is -2.47. The van der Waals surface area contributed by atoms with Crippen molar-refractivity contribution in [3.63, 3.8) is 0 Å². The molecule has 2 heterocycles. The van der Waals surface area contributed by atoms with E-state index < -0.39 is 0 Å². The molecule has 6 heteroatoms. The van der Waals surface area contributed by atoms with Gasteiger partial charge in [-0.05, 0) is 32.1 Å². The lowest BCUT2D eigenvalue weighted by molar-refractivity contribution is 0.0945. The van der Waals surface area contributed by atoms with Crippen molar-refractivity contribution in [2.75, 3.05) is 38.6 Å². The Morgan fingerprint density at radius 1 is 1.26 bits per heavy atom. The lowest BCUT2D eigenvalue weighted by Crippen LogP contribution is -2.32. The van der Waals surface area contributed by atoms with E-state index in [2.05, 4.69) is 38.4 Å². The number of nitrogens with zero attached hydrogens (tertiary/aromatic N) is 4. The van der Waals surface area contributed by atoms with Crippen molar-refractivity contribution in [3.8, 4) is 0 Å². The first-order valence-corrected chi connectivity index (χ1v) is 7.75. The summed E-state index contributed by atoms with van der Waals surface area (Å²) >= 11 is 0. The minimum atomic E-state index is -0.187. The van der Waals surface area contributed by atoms with Crippen LogP contribution in [0.4, 0.5) is 11.5 Å². The molecule has 0 atom stereocenters. The van der Waals surface area contributed by atoms with Crippen LogP contribution in [0.2, 0.25) is 0 Å². The Bertz CT molecular complexity index is 684.